The summed E-state index contributed by atoms with van der Waals surface area (Å²) in [6.07, 6.45) is 2.59. The van der Waals surface area contributed by atoms with Crippen molar-refractivity contribution in [2.75, 3.05) is 18.0 Å². The maximum atomic E-state index is 13.3. The Kier molecular flexibility index (Phi) is 6.79. The third-order valence-corrected chi connectivity index (χ3v) is 9.31. The lowest BCUT2D eigenvalue weighted by Gasteiger charge is -2.32. The van der Waals surface area contributed by atoms with E-state index in [0.717, 1.165) is 49.2 Å². The normalized spacial score (nSPS) is 20.7. The van der Waals surface area contributed by atoms with Crippen LogP contribution in [0.4, 0.5) is 5.69 Å². The van der Waals surface area contributed by atoms with Crippen molar-refractivity contribution in [3.05, 3.63) is 99.6 Å². The van der Waals surface area contributed by atoms with E-state index in [1.165, 1.54) is 5.56 Å². The first kappa shape index (κ1) is 27.0. The Morgan fingerprint density at radius 1 is 0.837 bits per heavy atom. The van der Waals surface area contributed by atoms with E-state index >= 15 is 0 Å². The highest BCUT2D eigenvalue weighted by atomic mass is 16.2. The van der Waals surface area contributed by atoms with Gasteiger partial charge in [-0.25, -0.2) is 0 Å². The largest absolute Gasteiger partial charge is 0.322 e. The van der Waals surface area contributed by atoms with Crippen LogP contribution in [0.1, 0.15) is 80.1 Å². The quantitative estimate of drug-likeness (QED) is 0.464. The van der Waals surface area contributed by atoms with Crippen LogP contribution < -0.4 is 10.2 Å². The van der Waals surface area contributed by atoms with Crippen LogP contribution in [0, 0.1) is 11.3 Å². The minimum atomic E-state index is -0.602. The second-order valence-corrected chi connectivity index (χ2v) is 11.9. The minimum Gasteiger partial charge on any atom is -0.322 e. The number of carbonyl (C=O) groups is 4. The molecule has 4 aliphatic rings. The summed E-state index contributed by atoms with van der Waals surface area (Å²) in [6, 6.07) is 21.0. The molecule has 1 atom stereocenters. The van der Waals surface area contributed by atoms with Crippen molar-refractivity contribution in [2.45, 2.75) is 57.3 Å². The summed E-state index contributed by atoms with van der Waals surface area (Å²) in [5.41, 5.74) is 6.74. The first-order chi connectivity index (χ1) is 20.9. The van der Waals surface area contributed by atoms with Gasteiger partial charge in [-0.05, 0) is 84.8 Å². The van der Waals surface area contributed by atoms with Gasteiger partial charge >= 0.3 is 0 Å². The molecule has 9 nitrogen and oxygen atoms in total. The number of nitrogens with zero attached hydrogens (tertiary/aromatic N) is 4. The summed E-state index contributed by atoms with van der Waals surface area (Å²) in [5, 5.41) is 11.9. The predicted octanol–water partition coefficient (Wildman–Crippen LogP) is 3.86. The van der Waals surface area contributed by atoms with Crippen molar-refractivity contribution in [1.82, 2.24) is 15.1 Å². The van der Waals surface area contributed by atoms with Crippen LogP contribution in [-0.2, 0) is 29.2 Å². The Bertz CT molecular complexity index is 1720. The highest BCUT2D eigenvalue weighted by molar-refractivity contribution is 6.10. The molecule has 2 saturated heterocycles. The van der Waals surface area contributed by atoms with Gasteiger partial charge in [0.1, 0.15) is 12.1 Å². The minimum absolute atomic E-state index is 0.0653. The van der Waals surface area contributed by atoms with Crippen molar-refractivity contribution in [1.29, 1.82) is 5.26 Å². The third kappa shape index (κ3) is 4.88. The van der Waals surface area contributed by atoms with Crippen molar-refractivity contribution in [2.24, 2.45) is 0 Å². The number of rotatable bonds is 5. The third-order valence-electron chi connectivity index (χ3n) is 9.31. The van der Waals surface area contributed by atoms with E-state index in [4.69, 9.17) is 0 Å². The van der Waals surface area contributed by atoms with E-state index in [0.29, 0.717) is 47.8 Å². The zero-order chi connectivity index (χ0) is 29.7. The van der Waals surface area contributed by atoms with E-state index in [-0.39, 0.29) is 30.0 Å². The number of anilines is 1. The van der Waals surface area contributed by atoms with Crippen LogP contribution in [0.3, 0.4) is 0 Å². The molecule has 1 N–H and O–H groups in total. The van der Waals surface area contributed by atoms with Crippen LogP contribution in [0.5, 0.6) is 0 Å². The van der Waals surface area contributed by atoms with Gasteiger partial charge in [-0.1, -0.05) is 36.4 Å². The molecule has 216 valence electrons. The van der Waals surface area contributed by atoms with Gasteiger partial charge in [0, 0.05) is 30.6 Å². The molecule has 1 unspecified atom stereocenters. The lowest BCUT2D eigenvalue weighted by molar-refractivity contribution is -0.136. The van der Waals surface area contributed by atoms with Gasteiger partial charge in [0.25, 0.3) is 11.8 Å². The zero-order valence-electron chi connectivity index (χ0n) is 23.7. The summed E-state index contributed by atoms with van der Waals surface area (Å²) in [6.45, 7) is 3.48. The number of benzene rings is 3. The van der Waals surface area contributed by atoms with Crippen LogP contribution >= 0.6 is 0 Å². The fraction of sp³-hybridized carbons (Fsp3) is 0.324. The standard InChI is InChI=1S/C34H31N5O4/c35-17-24-3-1-2-4-29(24)38-19-25-6-5-21(15-28(25)34(38)43)18-37-13-11-22(12-14-37)23-7-8-27-26(16-23)20-39(33(27)42)30-9-10-31(40)36-32(30)41/h1-8,15-16,22,30H,9-14,18-20H2,(H,36,40,41). The fourth-order valence-corrected chi connectivity index (χ4v) is 6.98. The lowest BCUT2D eigenvalue weighted by Crippen LogP contribution is -2.52. The van der Waals surface area contributed by atoms with Gasteiger partial charge in [-0.15, -0.1) is 0 Å². The van der Waals surface area contributed by atoms with Crippen molar-refractivity contribution < 1.29 is 19.2 Å². The molecule has 0 aliphatic carbocycles. The Morgan fingerprint density at radius 3 is 2.44 bits per heavy atom. The summed E-state index contributed by atoms with van der Waals surface area (Å²) in [5.74, 6) is -0.495. The number of nitrogens with one attached hydrogen (secondary N) is 1. The van der Waals surface area contributed by atoms with Crippen LogP contribution in [0.15, 0.2) is 60.7 Å². The summed E-state index contributed by atoms with van der Waals surface area (Å²) in [4.78, 5) is 56.0. The Labute approximate surface area is 249 Å². The van der Waals surface area contributed by atoms with Gasteiger partial charge in [0.15, 0.2) is 0 Å². The number of carbonyl (C=O) groups excluding carboxylic acids is 4. The Morgan fingerprint density at radius 2 is 1.65 bits per heavy atom. The number of hydrogen-bond acceptors (Lipinski definition) is 6. The van der Waals surface area contributed by atoms with Crippen LogP contribution in [0.25, 0.3) is 0 Å². The van der Waals surface area contributed by atoms with Gasteiger partial charge in [0.2, 0.25) is 11.8 Å². The summed E-state index contributed by atoms with van der Waals surface area (Å²) >= 11 is 0. The molecule has 9 heteroatoms. The number of imide groups is 1. The summed E-state index contributed by atoms with van der Waals surface area (Å²) < 4.78 is 0. The molecule has 0 bridgehead atoms. The first-order valence-corrected chi connectivity index (χ1v) is 14.8. The van der Waals surface area contributed by atoms with Gasteiger partial charge in [-0.3, -0.25) is 29.4 Å². The molecule has 43 heavy (non-hydrogen) atoms. The first-order valence-electron chi connectivity index (χ1n) is 14.8. The molecule has 7 rings (SSSR count). The monoisotopic (exact) mass is 573 g/mol. The van der Waals surface area contributed by atoms with Gasteiger partial charge in [-0.2, -0.15) is 5.26 Å². The van der Waals surface area contributed by atoms with Crippen LogP contribution in [-0.4, -0.2) is 52.6 Å². The maximum Gasteiger partial charge on any atom is 0.258 e. The Hall–Kier alpha value is -4.81. The summed E-state index contributed by atoms with van der Waals surface area (Å²) in [7, 11) is 0. The molecule has 0 aromatic heterocycles. The second kappa shape index (κ2) is 10.8. The molecular formula is C34H31N5O4. The average molecular weight is 574 g/mol. The maximum absolute atomic E-state index is 13.3. The van der Waals surface area contributed by atoms with E-state index < -0.39 is 6.04 Å². The van der Waals surface area contributed by atoms with Crippen LogP contribution in [0.2, 0.25) is 0 Å². The average Bonchev–Trinajstić information content (AvgIpc) is 3.53. The molecule has 2 fully saturated rings. The van der Waals surface area contributed by atoms with Gasteiger partial charge in [0.05, 0.1) is 17.8 Å². The van der Waals surface area contributed by atoms with E-state index in [9.17, 15) is 24.4 Å². The van der Waals surface area contributed by atoms with E-state index in [2.05, 4.69) is 28.4 Å². The van der Waals surface area contributed by atoms with Crippen molar-refractivity contribution in [3.8, 4) is 6.07 Å². The number of hydrogen-bond donors (Lipinski definition) is 1. The smallest absolute Gasteiger partial charge is 0.258 e. The van der Waals surface area contributed by atoms with E-state index in [1.807, 2.05) is 36.4 Å². The SMILES string of the molecule is N#Cc1ccccc1N1Cc2ccc(CN3CCC(c4ccc5c(c4)CN(C4CCC(=O)NC4=O)C5=O)CC3)cc2C1=O. The van der Waals surface area contributed by atoms with Gasteiger partial charge < -0.3 is 9.80 Å². The molecule has 0 spiro atoms. The highest BCUT2D eigenvalue weighted by Crippen LogP contribution is 2.35. The number of para-hydroxylation sites is 1. The lowest BCUT2D eigenvalue weighted by atomic mass is 9.87. The molecule has 4 amide bonds. The Balaban J connectivity index is 0.979. The molecule has 3 aromatic rings. The number of amides is 4. The topological polar surface area (TPSA) is 114 Å². The number of fused-ring (bicyclic) bond motifs is 2. The van der Waals surface area contributed by atoms with Crippen molar-refractivity contribution >= 4 is 29.3 Å². The number of likely N-dealkylation sites (tertiary alicyclic amines) is 1. The molecule has 4 heterocycles. The predicted molar refractivity (Wildman–Crippen MR) is 158 cm³/mol. The van der Waals surface area contributed by atoms with E-state index in [1.54, 1.807) is 21.9 Å². The molecular weight excluding hydrogens is 542 g/mol. The second-order valence-electron chi connectivity index (χ2n) is 11.9. The molecule has 0 saturated carbocycles. The molecule has 4 aliphatic heterocycles. The van der Waals surface area contributed by atoms with Crippen molar-refractivity contribution in [3.63, 3.8) is 0 Å². The zero-order valence-corrected chi connectivity index (χ0v) is 23.7. The number of piperidine rings is 2. The molecule has 0 radical (unpaired) electrons. The highest BCUT2D eigenvalue weighted by Gasteiger charge is 2.39. The molecule has 3 aromatic carbocycles. The fourth-order valence-electron chi connectivity index (χ4n) is 6.98. The number of nitriles is 1.